The van der Waals surface area contributed by atoms with Gasteiger partial charge in [-0.15, -0.1) is 0 Å². The first-order chi connectivity index (χ1) is 16.6. The molecule has 4 rings (SSSR count). The number of piperazine rings is 2. The topological polar surface area (TPSA) is 74.4 Å². The maximum Gasteiger partial charge on any atom is 0.343 e. The third-order valence-corrected chi connectivity index (χ3v) is 6.54. The Morgan fingerprint density at radius 2 is 1.71 bits per heavy atom. The van der Waals surface area contributed by atoms with Crippen LogP contribution in [-0.2, 0) is 20.7 Å². The molecule has 1 N–H and O–H groups in total. The number of nitrogens with zero attached hydrogens (tertiary/aromatic N) is 3. The number of amides is 1. The van der Waals surface area contributed by atoms with Crippen LogP contribution in [0.4, 0.5) is 5.69 Å². The standard InChI is InChI=1S/C26H34N4O4/c1-33-26(32)20-34-24-9-7-22(8-10-24)28-13-15-29(16-14-28)25(31)19-30-12-11-27-18-23(30)17-21-5-3-2-4-6-21/h2-10,23,27H,11-20H2,1H3. The molecule has 0 radical (unpaired) electrons. The van der Waals surface area contributed by atoms with E-state index in [9.17, 15) is 9.59 Å². The van der Waals surface area contributed by atoms with Crippen molar-refractivity contribution in [2.75, 3.05) is 71.0 Å². The normalized spacial score (nSPS) is 19.0. The van der Waals surface area contributed by atoms with E-state index in [-0.39, 0.29) is 12.5 Å². The summed E-state index contributed by atoms with van der Waals surface area (Å²) in [5.74, 6) is 0.437. The molecular formula is C26H34N4O4. The zero-order chi connectivity index (χ0) is 23.8. The summed E-state index contributed by atoms with van der Waals surface area (Å²) in [4.78, 5) is 30.9. The molecule has 2 aliphatic rings. The zero-order valence-corrected chi connectivity index (χ0v) is 19.8. The predicted molar refractivity (Wildman–Crippen MR) is 131 cm³/mol. The lowest BCUT2D eigenvalue weighted by atomic mass is 10.0. The number of anilines is 1. The molecule has 0 aromatic heterocycles. The highest BCUT2D eigenvalue weighted by molar-refractivity contribution is 5.78. The van der Waals surface area contributed by atoms with Crippen LogP contribution in [0.25, 0.3) is 0 Å². The lowest BCUT2D eigenvalue weighted by molar-refractivity contribution is -0.143. The molecule has 2 fully saturated rings. The van der Waals surface area contributed by atoms with Crippen molar-refractivity contribution in [2.45, 2.75) is 12.5 Å². The quantitative estimate of drug-likeness (QED) is 0.590. The number of nitrogens with one attached hydrogen (secondary N) is 1. The third-order valence-electron chi connectivity index (χ3n) is 6.54. The van der Waals surface area contributed by atoms with E-state index in [0.29, 0.717) is 18.3 Å². The van der Waals surface area contributed by atoms with Crippen LogP contribution >= 0.6 is 0 Å². The van der Waals surface area contributed by atoms with Crippen molar-refractivity contribution >= 4 is 17.6 Å². The minimum atomic E-state index is -0.405. The molecular weight excluding hydrogens is 432 g/mol. The van der Waals surface area contributed by atoms with Crippen molar-refractivity contribution in [3.63, 3.8) is 0 Å². The van der Waals surface area contributed by atoms with E-state index in [1.807, 2.05) is 35.2 Å². The first-order valence-electron chi connectivity index (χ1n) is 11.9. The molecule has 8 nitrogen and oxygen atoms in total. The van der Waals surface area contributed by atoms with Crippen molar-refractivity contribution in [3.05, 3.63) is 60.2 Å². The first kappa shape index (κ1) is 24.0. The lowest BCUT2D eigenvalue weighted by Gasteiger charge is -2.39. The minimum Gasteiger partial charge on any atom is -0.482 e. The van der Waals surface area contributed by atoms with Crippen LogP contribution in [0.5, 0.6) is 5.75 Å². The maximum atomic E-state index is 13.1. The van der Waals surface area contributed by atoms with E-state index in [1.165, 1.54) is 12.7 Å². The maximum absolute atomic E-state index is 13.1. The Bertz CT molecular complexity index is 930. The summed E-state index contributed by atoms with van der Waals surface area (Å²) in [7, 11) is 1.34. The Balaban J connectivity index is 1.25. The highest BCUT2D eigenvalue weighted by Crippen LogP contribution is 2.21. The number of methoxy groups -OCH3 is 1. The molecule has 2 aromatic rings. The van der Waals surface area contributed by atoms with Crippen LogP contribution in [0.2, 0.25) is 0 Å². The van der Waals surface area contributed by atoms with E-state index < -0.39 is 5.97 Å². The first-order valence-corrected chi connectivity index (χ1v) is 11.9. The minimum absolute atomic E-state index is 0.101. The van der Waals surface area contributed by atoms with Crippen LogP contribution in [0.15, 0.2) is 54.6 Å². The second-order valence-corrected chi connectivity index (χ2v) is 8.74. The van der Waals surface area contributed by atoms with Gasteiger partial charge in [-0.05, 0) is 36.2 Å². The Labute approximate surface area is 201 Å². The van der Waals surface area contributed by atoms with Crippen molar-refractivity contribution in [2.24, 2.45) is 0 Å². The van der Waals surface area contributed by atoms with Gasteiger partial charge in [0, 0.05) is 57.5 Å². The molecule has 1 amide bonds. The predicted octanol–water partition coefficient (Wildman–Crippen LogP) is 1.40. The average Bonchev–Trinajstić information content (AvgIpc) is 2.89. The van der Waals surface area contributed by atoms with Gasteiger partial charge in [0.15, 0.2) is 6.61 Å². The van der Waals surface area contributed by atoms with Gasteiger partial charge in [-0.25, -0.2) is 4.79 Å². The van der Waals surface area contributed by atoms with Crippen molar-refractivity contribution in [3.8, 4) is 5.75 Å². The zero-order valence-electron chi connectivity index (χ0n) is 19.8. The van der Waals surface area contributed by atoms with Crippen molar-refractivity contribution < 1.29 is 19.1 Å². The molecule has 0 aliphatic carbocycles. The Kier molecular flexibility index (Phi) is 8.38. The number of carbonyl (C=O) groups excluding carboxylic acids is 2. The van der Waals surface area contributed by atoms with Crippen LogP contribution in [-0.4, -0.2) is 93.8 Å². The fourth-order valence-electron chi connectivity index (χ4n) is 4.54. The summed E-state index contributed by atoms with van der Waals surface area (Å²) in [5, 5.41) is 3.48. The molecule has 2 heterocycles. The van der Waals surface area contributed by atoms with Gasteiger partial charge in [-0.3, -0.25) is 9.69 Å². The van der Waals surface area contributed by atoms with Gasteiger partial charge in [-0.2, -0.15) is 0 Å². The van der Waals surface area contributed by atoms with Crippen molar-refractivity contribution in [1.82, 2.24) is 15.1 Å². The Hall–Kier alpha value is -3.10. The molecule has 0 saturated carbocycles. The van der Waals surface area contributed by atoms with E-state index >= 15 is 0 Å². The average molecular weight is 467 g/mol. The number of ether oxygens (including phenoxy) is 2. The summed E-state index contributed by atoms with van der Waals surface area (Å²) >= 11 is 0. The van der Waals surface area contributed by atoms with Gasteiger partial charge >= 0.3 is 5.97 Å². The smallest absolute Gasteiger partial charge is 0.343 e. The second-order valence-electron chi connectivity index (χ2n) is 8.74. The van der Waals surface area contributed by atoms with Crippen LogP contribution in [0.1, 0.15) is 5.56 Å². The van der Waals surface area contributed by atoms with Gasteiger partial charge < -0.3 is 24.6 Å². The monoisotopic (exact) mass is 466 g/mol. The Morgan fingerprint density at radius 3 is 2.41 bits per heavy atom. The summed E-state index contributed by atoms with van der Waals surface area (Å²) in [6.45, 7) is 6.13. The fourth-order valence-corrected chi connectivity index (χ4v) is 4.54. The fraction of sp³-hybridized carbons (Fsp3) is 0.462. The molecule has 1 unspecified atom stereocenters. The molecule has 0 bridgehead atoms. The highest BCUT2D eigenvalue weighted by Gasteiger charge is 2.28. The molecule has 2 aliphatic heterocycles. The molecule has 34 heavy (non-hydrogen) atoms. The van der Waals surface area contributed by atoms with Gasteiger partial charge in [0.1, 0.15) is 5.75 Å². The number of rotatable bonds is 8. The number of esters is 1. The van der Waals surface area contributed by atoms with E-state index in [2.05, 4.69) is 44.1 Å². The molecule has 2 saturated heterocycles. The summed E-state index contributed by atoms with van der Waals surface area (Å²) in [6, 6.07) is 18.5. The largest absolute Gasteiger partial charge is 0.482 e. The van der Waals surface area contributed by atoms with Gasteiger partial charge in [-0.1, -0.05) is 30.3 Å². The lowest BCUT2D eigenvalue weighted by Crippen LogP contribution is -2.57. The van der Waals surface area contributed by atoms with Crippen LogP contribution in [0, 0.1) is 0 Å². The molecule has 182 valence electrons. The van der Waals surface area contributed by atoms with E-state index in [4.69, 9.17) is 4.74 Å². The van der Waals surface area contributed by atoms with Gasteiger partial charge in [0.25, 0.3) is 0 Å². The molecule has 2 aromatic carbocycles. The number of hydrogen-bond donors (Lipinski definition) is 1. The Morgan fingerprint density at radius 1 is 0.971 bits per heavy atom. The molecule has 1 atom stereocenters. The van der Waals surface area contributed by atoms with E-state index in [0.717, 1.165) is 57.9 Å². The number of hydrogen-bond acceptors (Lipinski definition) is 7. The number of benzene rings is 2. The molecule has 0 spiro atoms. The van der Waals surface area contributed by atoms with Gasteiger partial charge in [0.05, 0.1) is 13.7 Å². The molecule has 8 heteroatoms. The van der Waals surface area contributed by atoms with Crippen molar-refractivity contribution in [1.29, 1.82) is 0 Å². The third kappa shape index (κ3) is 6.48. The van der Waals surface area contributed by atoms with Crippen LogP contribution in [0.3, 0.4) is 0 Å². The summed E-state index contributed by atoms with van der Waals surface area (Å²) in [6.07, 6.45) is 0.953. The number of carbonyl (C=O) groups is 2. The summed E-state index contributed by atoms with van der Waals surface area (Å²) < 4.78 is 10.0. The van der Waals surface area contributed by atoms with Gasteiger partial charge in [0.2, 0.25) is 5.91 Å². The van der Waals surface area contributed by atoms with Crippen LogP contribution < -0.4 is 15.0 Å². The second kappa shape index (κ2) is 11.9. The SMILES string of the molecule is COC(=O)COc1ccc(N2CCN(C(=O)CN3CCNCC3Cc3ccccc3)CC2)cc1. The van der Waals surface area contributed by atoms with E-state index in [1.54, 1.807) is 0 Å². The summed E-state index contributed by atoms with van der Waals surface area (Å²) in [5.41, 5.74) is 2.39. The highest BCUT2D eigenvalue weighted by atomic mass is 16.6.